The van der Waals surface area contributed by atoms with Crippen LogP contribution in [0.3, 0.4) is 0 Å². The number of halogens is 1. The van der Waals surface area contributed by atoms with E-state index in [1.807, 2.05) is 4.90 Å². The molecule has 0 aliphatic carbocycles. The summed E-state index contributed by atoms with van der Waals surface area (Å²) in [6, 6.07) is 1.96. The fourth-order valence-electron chi connectivity index (χ4n) is 2.43. The lowest BCUT2D eigenvalue weighted by Gasteiger charge is -2.21. The first-order valence-electron chi connectivity index (χ1n) is 6.28. The van der Waals surface area contributed by atoms with E-state index in [0.717, 1.165) is 0 Å². The molecule has 9 heteroatoms. The highest BCUT2D eigenvalue weighted by Gasteiger charge is 2.39. The van der Waals surface area contributed by atoms with Crippen molar-refractivity contribution in [2.24, 2.45) is 0 Å². The zero-order valence-corrected chi connectivity index (χ0v) is 13.0. The van der Waals surface area contributed by atoms with Crippen molar-refractivity contribution in [1.29, 1.82) is 5.26 Å². The van der Waals surface area contributed by atoms with Crippen molar-refractivity contribution in [3.8, 4) is 6.07 Å². The summed E-state index contributed by atoms with van der Waals surface area (Å²) < 4.78 is 15.0. The van der Waals surface area contributed by atoms with E-state index >= 15 is 0 Å². The zero-order valence-electron chi connectivity index (χ0n) is 11.4. The van der Waals surface area contributed by atoms with E-state index < -0.39 is 0 Å². The predicted molar refractivity (Wildman–Crippen MR) is 76.4 cm³/mol. The van der Waals surface area contributed by atoms with Gasteiger partial charge in [0.15, 0.2) is 5.15 Å². The monoisotopic (exact) mass is 325 g/mol. The summed E-state index contributed by atoms with van der Waals surface area (Å²) in [6.45, 7) is 2.36. The topological polar surface area (TPSA) is 88.1 Å². The Morgan fingerprint density at radius 2 is 2.33 bits per heavy atom. The van der Waals surface area contributed by atoms with Crippen molar-refractivity contribution in [2.45, 2.75) is 25.5 Å². The van der Waals surface area contributed by atoms with Crippen molar-refractivity contribution >= 4 is 28.1 Å². The molecule has 0 unspecified atom stereocenters. The molecular weight excluding hydrogens is 314 g/mol. The van der Waals surface area contributed by atoms with Crippen molar-refractivity contribution < 1.29 is 9.15 Å². The maximum Gasteiger partial charge on any atom is 0.238 e. The number of methoxy groups -OCH3 is 1. The van der Waals surface area contributed by atoms with Crippen LogP contribution >= 0.6 is 23.1 Å². The zero-order chi connectivity index (χ0) is 15.0. The van der Waals surface area contributed by atoms with Crippen LogP contribution in [0, 0.1) is 18.3 Å². The third-order valence-corrected chi connectivity index (χ3v) is 4.69. The van der Waals surface area contributed by atoms with Gasteiger partial charge < -0.3 is 14.1 Å². The van der Waals surface area contributed by atoms with E-state index in [2.05, 4.69) is 20.6 Å². The smallest absolute Gasteiger partial charge is 0.238 e. The summed E-state index contributed by atoms with van der Waals surface area (Å²) in [4.78, 5) is 2.00. The maximum absolute atomic E-state index is 9.26. The molecule has 3 heterocycles. The minimum atomic E-state index is -0.139. The molecule has 2 aromatic rings. The standard InChI is InChI=1S/C12H12ClN5O2S/c1-6-15-16-11(20-6)9-3-7(19-2)5-18(9)12-8(4-14)10(13)17-21-12/h7,9H,3,5H2,1-2H3/t7-,9+/m0/s1. The molecule has 0 aromatic carbocycles. The first-order chi connectivity index (χ1) is 10.1. The van der Waals surface area contributed by atoms with Crippen LogP contribution in [-0.2, 0) is 4.74 Å². The highest BCUT2D eigenvalue weighted by atomic mass is 35.5. The van der Waals surface area contributed by atoms with Crippen LogP contribution in [0.4, 0.5) is 5.00 Å². The lowest BCUT2D eigenvalue weighted by atomic mass is 10.2. The van der Waals surface area contributed by atoms with Gasteiger partial charge >= 0.3 is 0 Å². The van der Waals surface area contributed by atoms with Gasteiger partial charge in [0.1, 0.15) is 22.7 Å². The van der Waals surface area contributed by atoms with Crippen LogP contribution in [-0.4, -0.2) is 34.3 Å². The molecule has 0 saturated carbocycles. The number of hydrogen-bond donors (Lipinski definition) is 0. The van der Waals surface area contributed by atoms with Crippen molar-refractivity contribution in [2.75, 3.05) is 18.6 Å². The van der Waals surface area contributed by atoms with Crippen molar-refractivity contribution in [3.63, 3.8) is 0 Å². The van der Waals surface area contributed by atoms with Crippen LogP contribution in [0.2, 0.25) is 5.15 Å². The lowest BCUT2D eigenvalue weighted by molar-refractivity contribution is 0.117. The summed E-state index contributed by atoms with van der Waals surface area (Å²) in [5.74, 6) is 1.02. The molecule has 1 aliphatic rings. The number of ether oxygens (including phenoxy) is 1. The molecule has 1 saturated heterocycles. The van der Waals surface area contributed by atoms with Gasteiger partial charge in [-0.1, -0.05) is 11.6 Å². The summed E-state index contributed by atoms with van der Waals surface area (Å²) in [7, 11) is 1.66. The van der Waals surface area contributed by atoms with E-state index in [4.69, 9.17) is 20.8 Å². The molecule has 0 amide bonds. The molecule has 1 fully saturated rings. The number of anilines is 1. The van der Waals surface area contributed by atoms with Crippen LogP contribution in [0.25, 0.3) is 0 Å². The average Bonchev–Trinajstić information content (AvgIpc) is 3.16. The molecule has 0 bridgehead atoms. The molecule has 1 aliphatic heterocycles. The average molecular weight is 326 g/mol. The highest BCUT2D eigenvalue weighted by molar-refractivity contribution is 7.10. The number of nitrogens with zero attached hydrogens (tertiary/aromatic N) is 5. The SMILES string of the molecule is CO[C@H]1C[C@H](c2nnc(C)o2)N(c2snc(Cl)c2C#N)C1. The van der Waals surface area contributed by atoms with Gasteiger partial charge in [-0.25, -0.2) is 0 Å². The Morgan fingerprint density at radius 1 is 1.52 bits per heavy atom. The van der Waals surface area contributed by atoms with Crippen LogP contribution in [0.1, 0.15) is 29.8 Å². The van der Waals surface area contributed by atoms with Gasteiger partial charge in [-0.05, 0) is 11.5 Å². The number of nitriles is 1. The minimum absolute atomic E-state index is 0.0228. The van der Waals surface area contributed by atoms with Gasteiger partial charge in [-0.15, -0.1) is 10.2 Å². The van der Waals surface area contributed by atoms with Gasteiger partial charge in [0.2, 0.25) is 11.8 Å². The Hall–Kier alpha value is -1.69. The first kappa shape index (κ1) is 14.3. The molecule has 110 valence electrons. The Balaban J connectivity index is 2.00. The third-order valence-electron chi connectivity index (χ3n) is 3.43. The maximum atomic E-state index is 9.26. The Kier molecular flexibility index (Phi) is 3.80. The van der Waals surface area contributed by atoms with Gasteiger partial charge in [0, 0.05) is 27.0 Å². The lowest BCUT2D eigenvalue weighted by Crippen LogP contribution is -2.24. The molecule has 21 heavy (non-hydrogen) atoms. The molecule has 2 atom stereocenters. The van der Waals surface area contributed by atoms with Crippen LogP contribution in [0.15, 0.2) is 4.42 Å². The van der Waals surface area contributed by atoms with E-state index in [9.17, 15) is 5.26 Å². The fourth-order valence-corrected chi connectivity index (χ4v) is 3.52. The van der Waals surface area contributed by atoms with Gasteiger partial charge in [-0.2, -0.15) is 9.64 Å². The van der Waals surface area contributed by atoms with E-state index in [1.54, 1.807) is 14.0 Å². The van der Waals surface area contributed by atoms with Gasteiger partial charge in [0.05, 0.1) is 6.10 Å². The quantitative estimate of drug-likeness (QED) is 0.855. The second kappa shape index (κ2) is 5.60. The Bertz CT molecular complexity index is 694. The minimum Gasteiger partial charge on any atom is -0.423 e. The van der Waals surface area contributed by atoms with E-state index in [1.165, 1.54) is 11.5 Å². The number of aryl methyl sites for hydroxylation is 1. The third kappa shape index (κ3) is 2.48. The van der Waals surface area contributed by atoms with Crippen LogP contribution in [0.5, 0.6) is 0 Å². The Labute approximate surface area is 130 Å². The number of rotatable bonds is 3. The number of aromatic nitrogens is 3. The predicted octanol–water partition coefficient (Wildman–Crippen LogP) is 2.33. The molecule has 3 rings (SSSR count). The summed E-state index contributed by atoms with van der Waals surface area (Å²) in [5, 5.41) is 18.1. The summed E-state index contributed by atoms with van der Waals surface area (Å²) in [6.07, 6.45) is 0.730. The van der Waals surface area contributed by atoms with E-state index in [0.29, 0.717) is 35.3 Å². The van der Waals surface area contributed by atoms with E-state index in [-0.39, 0.29) is 17.3 Å². The summed E-state index contributed by atoms with van der Waals surface area (Å²) in [5.41, 5.74) is 0.375. The number of hydrogen-bond acceptors (Lipinski definition) is 8. The fraction of sp³-hybridized carbons (Fsp3) is 0.500. The molecule has 2 aromatic heterocycles. The molecule has 0 spiro atoms. The van der Waals surface area contributed by atoms with Crippen molar-refractivity contribution in [3.05, 3.63) is 22.5 Å². The van der Waals surface area contributed by atoms with Crippen molar-refractivity contribution in [1.82, 2.24) is 14.6 Å². The molecule has 0 N–H and O–H groups in total. The normalized spacial score (nSPS) is 21.7. The molecule has 0 radical (unpaired) electrons. The molecule has 7 nitrogen and oxygen atoms in total. The van der Waals surface area contributed by atoms with Gasteiger partial charge in [-0.3, -0.25) is 0 Å². The second-order valence-corrected chi connectivity index (χ2v) is 5.80. The van der Waals surface area contributed by atoms with Crippen LogP contribution < -0.4 is 4.90 Å². The largest absolute Gasteiger partial charge is 0.423 e. The highest BCUT2D eigenvalue weighted by Crippen LogP contribution is 2.41. The molecular formula is C12H12ClN5O2S. The first-order valence-corrected chi connectivity index (χ1v) is 7.44. The Morgan fingerprint density at radius 3 is 2.95 bits per heavy atom. The second-order valence-electron chi connectivity index (χ2n) is 4.69. The van der Waals surface area contributed by atoms with Gasteiger partial charge in [0.25, 0.3) is 0 Å². The summed E-state index contributed by atoms with van der Waals surface area (Å²) >= 11 is 7.15.